The highest BCUT2D eigenvalue weighted by molar-refractivity contribution is 7.09. The fraction of sp³-hybridized carbons (Fsp3) is 0.615. The Hall–Kier alpha value is -0.580. The molecule has 5 heteroatoms. The molecular weight excluding hydrogens is 268 g/mol. The van der Waals surface area contributed by atoms with Gasteiger partial charge >= 0.3 is 0 Å². The van der Waals surface area contributed by atoms with E-state index < -0.39 is 0 Å². The normalized spacial score (nSPS) is 11.7. The second kappa shape index (κ2) is 10.4. The molecule has 1 atom stereocenters. The molecule has 3 nitrogen and oxygen atoms in total. The molecule has 1 aromatic rings. The molecule has 1 amide bonds. The van der Waals surface area contributed by atoms with Gasteiger partial charge in [0.2, 0.25) is 5.91 Å². The minimum atomic E-state index is 0. The average molecular weight is 291 g/mol. The zero-order valence-electron chi connectivity index (χ0n) is 11.1. The Balaban J connectivity index is 0.00000289. The molecule has 0 aliphatic heterocycles. The molecule has 0 aliphatic carbocycles. The summed E-state index contributed by atoms with van der Waals surface area (Å²) in [6.45, 7) is 5.80. The largest absolute Gasteiger partial charge is 0.355 e. The summed E-state index contributed by atoms with van der Waals surface area (Å²) in [5, 5.41) is 8.29. The van der Waals surface area contributed by atoms with E-state index in [1.807, 2.05) is 0 Å². The number of aryl methyl sites for hydroxylation is 1. The molecule has 0 fully saturated rings. The topological polar surface area (TPSA) is 41.1 Å². The summed E-state index contributed by atoms with van der Waals surface area (Å²) < 4.78 is 0. The maximum absolute atomic E-state index is 11.5. The van der Waals surface area contributed by atoms with Crippen molar-refractivity contribution in [1.82, 2.24) is 10.6 Å². The Morgan fingerprint density at radius 1 is 1.50 bits per heavy atom. The van der Waals surface area contributed by atoms with Crippen LogP contribution in [0.5, 0.6) is 0 Å². The molecule has 0 bridgehead atoms. The van der Waals surface area contributed by atoms with E-state index in [0.29, 0.717) is 19.0 Å². The fourth-order valence-corrected chi connectivity index (χ4v) is 2.41. The van der Waals surface area contributed by atoms with Crippen molar-refractivity contribution in [2.75, 3.05) is 13.1 Å². The van der Waals surface area contributed by atoms with Crippen LogP contribution in [0.1, 0.15) is 31.6 Å². The van der Waals surface area contributed by atoms with Crippen LogP contribution in [-0.4, -0.2) is 25.0 Å². The van der Waals surface area contributed by atoms with Crippen molar-refractivity contribution in [2.45, 2.75) is 39.2 Å². The maximum Gasteiger partial charge on any atom is 0.220 e. The van der Waals surface area contributed by atoms with Gasteiger partial charge in [0.1, 0.15) is 0 Å². The molecule has 0 spiro atoms. The lowest BCUT2D eigenvalue weighted by Crippen LogP contribution is -2.38. The van der Waals surface area contributed by atoms with Gasteiger partial charge in [-0.15, -0.1) is 23.7 Å². The van der Waals surface area contributed by atoms with Crippen molar-refractivity contribution in [3.8, 4) is 0 Å². The van der Waals surface area contributed by atoms with Crippen molar-refractivity contribution in [3.05, 3.63) is 22.4 Å². The van der Waals surface area contributed by atoms with E-state index in [-0.39, 0.29) is 18.3 Å². The van der Waals surface area contributed by atoms with Crippen LogP contribution in [0.2, 0.25) is 0 Å². The van der Waals surface area contributed by atoms with Gasteiger partial charge in [0, 0.05) is 23.9 Å². The first-order chi connectivity index (χ1) is 8.22. The number of hydrogen-bond donors (Lipinski definition) is 2. The molecule has 0 saturated heterocycles. The standard InChI is InChI=1S/C13H22N2OS.ClH/c1-3-14-11(2)10-15-13(16)8-4-6-12-7-5-9-17-12;/h5,7,9,11,14H,3-4,6,8,10H2,1-2H3,(H,15,16);1H/t11-;/m1./s1. The van der Waals surface area contributed by atoms with E-state index in [9.17, 15) is 4.79 Å². The summed E-state index contributed by atoms with van der Waals surface area (Å²) >= 11 is 1.76. The summed E-state index contributed by atoms with van der Waals surface area (Å²) in [6.07, 6.45) is 2.56. The van der Waals surface area contributed by atoms with Crippen LogP contribution in [-0.2, 0) is 11.2 Å². The smallest absolute Gasteiger partial charge is 0.220 e. The SMILES string of the molecule is CCN[C@H](C)CNC(=O)CCCc1cccs1.Cl. The second-order valence-electron chi connectivity index (χ2n) is 4.20. The molecule has 0 aromatic carbocycles. The first kappa shape index (κ1) is 17.4. The van der Waals surface area contributed by atoms with Gasteiger partial charge < -0.3 is 10.6 Å². The van der Waals surface area contributed by atoms with Crippen molar-refractivity contribution in [3.63, 3.8) is 0 Å². The van der Waals surface area contributed by atoms with Crippen molar-refractivity contribution >= 4 is 29.7 Å². The maximum atomic E-state index is 11.5. The number of nitrogens with one attached hydrogen (secondary N) is 2. The van der Waals surface area contributed by atoms with Crippen molar-refractivity contribution in [2.24, 2.45) is 0 Å². The summed E-state index contributed by atoms with van der Waals surface area (Å²) in [5.41, 5.74) is 0. The number of hydrogen-bond acceptors (Lipinski definition) is 3. The van der Waals surface area contributed by atoms with E-state index in [4.69, 9.17) is 0 Å². The number of thiophene rings is 1. The van der Waals surface area contributed by atoms with Gasteiger partial charge in [-0.2, -0.15) is 0 Å². The average Bonchev–Trinajstić information content (AvgIpc) is 2.80. The van der Waals surface area contributed by atoms with Gasteiger partial charge in [0.15, 0.2) is 0 Å². The highest BCUT2D eigenvalue weighted by atomic mass is 35.5. The van der Waals surface area contributed by atoms with Crippen LogP contribution >= 0.6 is 23.7 Å². The Morgan fingerprint density at radius 3 is 2.89 bits per heavy atom. The molecule has 0 radical (unpaired) electrons. The lowest BCUT2D eigenvalue weighted by molar-refractivity contribution is -0.121. The van der Waals surface area contributed by atoms with Crippen LogP contribution in [0.3, 0.4) is 0 Å². The molecule has 104 valence electrons. The Kier molecular flexibility index (Phi) is 10.0. The minimum Gasteiger partial charge on any atom is -0.355 e. The first-order valence-corrected chi connectivity index (χ1v) is 7.12. The first-order valence-electron chi connectivity index (χ1n) is 6.24. The predicted octanol–water partition coefficient (Wildman–Crippen LogP) is 2.61. The van der Waals surface area contributed by atoms with Crippen LogP contribution in [0.4, 0.5) is 0 Å². The summed E-state index contributed by atoms with van der Waals surface area (Å²) in [4.78, 5) is 12.9. The molecule has 0 aliphatic rings. The van der Waals surface area contributed by atoms with Crippen molar-refractivity contribution < 1.29 is 4.79 Å². The highest BCUT2D eigenvalue weighted by Crippen LogP contribution is 2.11. The third-order valence-electron chi connectivity index (χ3n) is 2.57. The van der Waals surface area contributed by atoms with E-state index in [0.717, 1.165) is 19.4 Å². The van der Waals surface area contributed by atoms with E-state index in [1.165, 1.54) is 4.88 Å². The zero-order valence-corrected chi connectivity index (χ0v) is 12.7. The van der Waals surface area contributed by atoms with E-state index >= 15 is 0 Å². The quantitative estimate of drug-likeness (QED) is 0.773. The van der Waals surface area contributed by atoms with Gasteiger partial charge in [-0.1, -0.05) is 13.0 Å². The number of carbonyl (C=O) groups is 1. The molecule has 0 saturated carbocycles. The lowest BCUT2D eigenvalue weighted by atomic mass is 10.2. The number of halogens is 1. The molecule has 1 rings (SSSR count). The molecule has 1 heterocycles. The molecule has 1 aromatic heterocycles. The monoisotopic (exact) mass is 290 g/mol. The zero-order chi connectivity index (χ0) is 12.5. The summed E-state index contributed by atoms with van der Waals surface area (Å²) in [7, 11) is 0. The van der Waals surface area contributed by atoms with E-state index in [2.05, 4.69) is 42.0 Å². The van der Waals surface area contributed by atoms with Gasteiger partial charge in [-0.3, -0.25) is 4.79 Å². The number of amides is 1. The second-order valence-corrected chi connectivity index (χ2v) is 5.23. The van der Waals surface area contributed by atoms with Crippen LogP contribution in [0.25, 0.3) is 0 Å². The number of carbonyl (C=O) groups excluding carboxylic acids is 1. The fourth-order valence-electron chi connectivity index (χ4n) is 1.65. The third-order valence-corrected chi connectivity index (χ3v) is 3.50. The highest BCUT2D eigenvalue weighted by Gasteiger charge is 2.04. The Morgan fingerprint density at radius 2 is 2.28 bits per heavy atom. The molecule has 2 N–H and O–H groups in total. The molecular formula is C13H23ClN2OS. The third kappa shape index (κ3) is 7.69. The summed E-state index contributed by atoms with van der Waals surface area (Å²) in [6, 6.07) is 4.52. The minimum absolute atomic E-state index is 0. The van der Waals surface area contributed by atoms with Gasteiger partial charge in [0.05, 0.1) is 0 Å². The number of likely N-dealkylation sites (N-methyl/N-ethyl adjacent to an activating group) is 1. The molecule has 0 unspecified atom stereocenters. The van der Waals surface area contributed by atoms with Gasteiger partial charge in [-0.25, -0.2) is 0 Å². The predicted molar refractivity (Wildman–Crippen MR) is 80.7 cm³/mol. The van der Waals surface area contributed by atoms with Crippen LogP contribution in [0.15, 0.2) is 17.5 Å². The number of rotatable bonds is 8. The van der Waals surface area contributed by atoms with Crippen molar-refractivity contribution in [1.29, 1.82) is 0 Å². The van der Waals surface area contributed by atoms with Gasteiger partial charge in [0.25, 0.3) is 0 Å². The lowest BCUT2D eigenvalue weighted by Gasteiger charge is -2.12. The van der Waals surface area contributed by atoms with Gasteiger partial charge in [-0.05, 0) is 37.8 Å². The van der Waals surface area contributed by atoms with Crippen LogP contribution in [0, 0.1) is 0 Å². The Labute approximate surface area is 120 Å². The summed E-state index contributed by atoms with van der Waals surface area (Å²) in [5.74, 6) is 0.159. The van der Waals surface area contributed by atoms with Crippen LogP contribution < -0.4 is 10.6 Å². The Bertz CT molecular complexity index is 317. The van der Waals surface area contributed by atoms with E-state index in [1.54, 1.807) is 11.3 Å². The molecule has 18 heavy (non-hydrogen) atoms.